The maximum Gasteiger partial charge on any atom is 0.269 e. The molecule has 0 aliphatic heterocycles. The monoisotopic (exact) mass is 356 g/mol. The van der Waals surface area contributed by atoms with Crippen molar-refractivity contribution in [3.63, 3.8) is 0 Å². The summed E-state index contributed by atoms with van der Waals surface area (Å²) in [5.41, 5.74) is 3.17. The molecule has 0 radical (unpaired) electrons. The van der Waals surface area contributed by atoms with Crippen LogP contribution in [0.1, 0.15) is 15.9 Å². The fraction of sp³-hybridized carbons (Fsp3) is 0.118. The number of hydrogen-bond acceptors (Lipinski definition) is 6. The van der Waals surface area contributed by atoms with Gasteiger partial charge < -0.3 is 10.1 Å². The summed E-state index contributed by atoms with van der Waals surface area (Å²) in [5, 5.41) is 16.7. The molecule has 0 aliphatic carbocycles. The molecular formula is C17H16N4O5. The van der Waals surface area contributed by atoms with Gasteiger partial charge in [0.15, 0.2) is 0 Å². The van der Waals surface area contributed by atoms with E-state index in [4.69, 9.17) is 4.74 Å². The second-order valence-corrected chi connectivity index (χ2v) is 5.06. The van der Waals surface area contributed by atoms with Crippen LogP contribution in [0.15, 0.2) is 53.6 Å². The molecule has 0 bridgehead atoms. The maximum atomic E-state index is 12.0. The Bertz CT molecular complexity index is 833. The van der Waals surface area contributed by atoms with Gasteiger partial charge in [0.1, 0.15) is 5.75 Å². The van der Waals surface area contributed by atoms with Crippen molar-refractivity contribution < 1.29 is 19.2 Å². The van der Waals surface area contributed by atoms with E-state index in [9.17, 15) is 19.7 Å². The third-order valence-electron chi connectivity index (χ3n) is 3.25. The van der Waals surface area contributed by atoms with E-state index in [2.05, 4.69) is 15.8 Å². The lowest BCUT2D eigenvalue weighted by Crippen LogP contribution is -2.34. The lowest BCUT2D eigenvalue weighted by Gasteiger charge is -2.05. The Balaban J connectivity index is 1.81. The first-order valence-corrected chi connectivity index (χ1v) is 7.48. The second-order valence-electron chi connectivity index (χ2n) is 5.06. The lowest BCUT2D eigenvalue weighted by atomic mass is 10.2. The van der Waals surface area contributed by atoms with Gasteiger partial charge >= 0.3 is 0 Å². The number of nitro benzene ring substituents is 1. The minimum Gasteiger partial charge on any atom is -0.497 e. The van der Waals surface area contributed by atoms with E-state index in [1.165, 1.54) is 37.6 Å². The Hall–Kier alpha value is -3.75. The van der Waals surface area contributed by atoms with Crippen molar-refractivity contribution in [3.8, 4) is 5.75 Å². The Morgan fingerprint density at radius 3 is 2.62 bits per heavy atom. The Labute approximate surface area is 148 Å². The van der Waals surface area contributed by atoms with Gasteiger partial charge in [0.25, 0.3) is 17.5 Å². The molecule has 9 heteroatoms. The lowest BCUT2D eigenvalue weighted by molar-refractivity contribution is -0.384. The fourth-order valence-corrected chi connectivity index (χ4v) is 1.93. The molecule has 26 heavy (non-hydrogen) atoms. The summed E-state index contributed by atoms with van der Waals surface area (Å²) in [4.78, 5) is 33.7. The molecule has 0 saturated carbocycles. The van der Waals surface area contributed by atoms with Gasteiger partial charge in [0, 0.05) is 17.7 Å². The van der Waals surface area contributed by atoms with Crippen molar-refractivity contribution in [2.45, 2.75) is 0 Å². The van der Waals surface area contributed by atoms with Crippen molar-refractivity contribution in [2.24, 2.45) is 5.10 Å². The van der Waals surface area contributed by atoms with Crippen molar-refractivity contribution in [3.05, 3.63) is 69.8 Å². The first kappa shape index (κ1) is 18.6. The summed E-state index contributed by atoms with van der Waals surface area (Å²) < 4.78 is 5.03. The molecule has 0 aromatic heterocycles. The molecule has 0 fully saturated rings. The molecule has 134 valence electrons. The molecule has 2 aromatic rings. The molecule has 0 saturated heterocycles. The minimum absolute atomic E-state index is 0.0357. The van der Waals surface area contributed by atoms with Gasteiger partial charge in [-0.3, -0.25) is 19.7 Å². The van der Waals surface area contributed by atoms with Crippen LogP contribution in [0.5, 0.6) is 5.75 Å². The highest BCUT2D eigenvalue weighted by Gasteiger charge is 2.08. The van der Waals surface area contributed by atoms with Crippen LogP contribution in [0.25, 0.3) is 0 Å². The van der Waals surface area contributed by atoms with Crippen LogP contribution in [-0.4, -0.2) is 36.6 Å². The molecule has 0 aliphatic rings. The molecule has 2 rings (SSSR count). The van der Waals surface area contributed by atoms with E-state index in [0.717, 1.165) is 0 Å². The van der Waals surface area contributed by atoms with E-state index in [1.807, 2.05) is 0 Å². The molecule has 2 N–H and O–H groups in total. The highest BCUT2D eigenvalue weighted by atomic mass is 16.6. The number of hydrazone groups is 1. The average molecular weight is 356 g/mol. The highest BCUT2D eigenvalue weighted by molar-refractivity contribution is 5.96. The third-order valence-corrected chi connectivity index (χ3v) is 3.25. The molecule has 0 spiro atoms. The van der Waals surface area contributed by atoms with E-state index in [1.54, 1.807) is 24.3 Å². The van der Waals surface area contributed by atoms with Gasteiger partial charge in [0.05, 0.1) is 24.8 Å². The number of ether oxygens (including phenoxy) is 1. The standard InChI is InChI=1S/C17H16N4O5/c1-26-15-4-2-3-13(9-15)17(23)18-11-16(22)20-19-10-12-5-7-14(8-6-12)21(24)25/h2-10H,11H2,1H3,(H,18,23)(H,20,22)/b19-10+. The number of non-ortho nitro benzene ring substituents is 1. The summed E-state index contributed by atoms with van der Waals surface area (Å²) in [7, 11) is 1.49. The first-order valence-electron chi connectivity index (χ1n) is 7.48. The van der Waals surface area contributed by atoms with E-state index >= 15 is 0 Å². The van der Waals surface area contributed by atoms with Crippen LogP contribution < -0.4 is 15.5 Å². The predicted molar refractivity (Wildman–Crippen MR) is 94.2 cm³/mol. The van der Waals surface area contributed by atoms with Gasteiger partial charge in [-0.1, -0.05) is 6.07 Å². The number of carbonyl (C=O) groups excluding carboxylic acids is 2. The number of carbonyl (C=O) groups is 2. The number of amides is 2. The number of rotatable bonds is 7. The van der Waals surface area contributed by atoms with Crippen LogP contribution in [0.2, 0.25) is 0 Å². The number of nitro groups is 1. The zero-order chi connectivity index (χ0) is 18.9. The zero-order valence-corrected chi connectivity index (χ0v) is 13.8. The first-order chi connectivity index (χ1) is 12.5. The number of nitrogens with one attached hydrogen (secondary N) is 2. The fourth-order valence-electron chi connectivity index (χ4n) is 1.93. The van der Waals surface area contributed by atoms with Crippen LogP contribution in [-0.2, 0) is 4.79 Å². The molecule has 2 amide bonds. The highest BCUT2D eigenvalue weighted by Crippen LogP contribution is 2.12. The van der Waals surface area contributed by atoms with Gasteiger partial charge in [-0.2, -0.15) is 5.10 Å². The quantitative estimate of drug-likeness (QED) is 0.442. The zero-order valence-electron chi connectivity index (χ0n) is 13.8. The van der Waals surface area contributed by atoms with Crippen molar-refractivity contribution in [1.29, 1.82) is 0 Å². The Kier molecular flexibility index (Phi) is 6.38. The van der Waals surface area contributed by atoms with E-state index < -0.39 is 16.7 Å². The van der Waals surface area contributed by atoms with Crippen molar-refractivity contribution in [2.75, 3.05) is 13.7 Å². The second kappa shape index (κ2) is 8.92. The van der Waals surface area contributed by atoms with Crippen LogP contribution >= 0.6 is 0 Å². The molecule has 0 heterocycles. The van der Waals surface area contributed by atoms with Crippen LogP contribution in [0.4, 0.5) is 5.69 Å². The Morgan fingerprint density at radius 1 is 1.23 bits per heavy atom. The molecular weight excluding hydrogens is 340 g/mol. The average Bonchev–Trinajstić information content (AvgIpc) is 2.66. The van der Waals surface area contributed by atoms with Crippen LogP contribution in [0, 0.1) is 10.1 Å². The summed E-state index contributed by atoms with van der Waals surface area (Å²) in [6, 6.07) is 12.2. The van der Waals surface area contributed by atoms with Crippen molar-refractivity contribution >= 4 is 23.7 Å². The summed E-state index contributed by atoms with van der Waals surface area (Å²) >= 11 is 0. The molecule has 0 atom stereocenters. The van der Waals surface area contributed by atoms with Gasteiger partial charge in [-0.15, -0.1) is 0 Å². The minimum atomic E-state index is -0.514. The normalized spacial score (nSPS) is 10.3. The SMILES string of the molecule is COc1cccc(C(=O)NCC(=O)N/N=C/c2ccc([N+](=O)[O-])cc2)c1. The summed E-state index contributed by atoms with van der Waals surface area (Å²) in [6.45, 7) is -0.256. The van der Waals surface area contributed by atoms with Crippen molar-refractivity contribution in [1.82, 2.24) is 10.7 Å². The van der Waals surface area contributed by atoms with Crippen LogP contribution in [0.3, 0.4) is 0 Å². The molecule has 2 aromatic carbocycles. The van der Waals surface area contributed by atoms with Gasteiger partial charge in [-0.05, 0) is 35.9 Å². The number of hydrogen-bond donors (Lipinski definition) is 2. The molecule has 0 unspecified atom stereocenters. The van der Waals surface area contributed by atoms with E-state index in [-0.39, 0.29) is 12.2 Å². The number of nitrogens with zero attached hydrogens (tertiary/aromatic N) is 2. The summed E-state index contributed by atoms with van der Waals surface area (Å²) in [5.74, 6) is -0.396. The predicted octanol–water partition coefficient (Wildman–Crippen LogP) is 1.48. The smallest absolute Gasteiger partial charge is 0.269 e. The Morgan fingerprint density at radius 2 is 1.96 bits per heavy atom. The number of methoxy groups -OCH3 is 1. The number of benzene rings is 2. The largest absolute Gasteiger partial charge is 0.497 e. The topological polar surface area (TPSA) is 123 Å². The van der Waals surface area contributed by atoms with Gasteiger partial charge in [-0.25, -0.2) is 5.43 Å². The summed E-state index contributed by atoms with van der Waals surface area (Å²) in [6.07, 6.45) is 1.34. The van der Waals surface area contributed by atoms with Gasteiger partial charge in [0.2, 0.25) is 0 Å². The third kappa shape index (κ3) is 5.41. The molecule has 9 nitrogen and oxygen atoms in total. The van der Waals surface area contributed by atoms with E-state index in [0.29, 0.717) is 16.9 Å². The maximum absolute atomic E-state index is 12.0.